The number of carbonyl (C=O) groups is 4. The Morgan fingerprint density at radius 2 is 1.25 bits per heavy atom. The Kier molecular flexibility index (Phi) is 17.0. The molecule has 0 radical (unpaired) electrons. The van der Waals surface area contributed by atoms with Crippen LogP contribution in [0.1, 0.15) is 121 Å². The second-order valence-corrected chi connectivity index (χ2v) is 25.2. The monoisotopic (exact) mass is 1100 g/mol. The molecule has 23 heteroatoms. The molecule has 7 fully saturated rings. The molecule has 438 valence electrons. The smallest absolute Gasteiger partial charge is 0.335 e. The summed E-state index contributed by atoms with van der Waals surface area (Å²) in [5.74, 6) is -4.11. The number of carboxylic acid groups (broad SMARTS) is 1. The van der Waals surface area contributed by atoms with Gasteiger partial charge in [-0.2, -0.15) is 0 Å². The Labute approximate surface area is 448 Å². The lowest BCUT2D eigenvalue weighted by Gasteiger charge is -2.72. The topological polar surface area (TPSA) is 354 Å². The van der Waals surface area contributed by atoms with E-state index >= 15 is 0 Å². The summed E-state index contributed by atoms with van der Waals surface area (Å²) in [5, 5.41) is 110. The average molecular weight is 1100 g/mol. The second-order valence-electron chi connectivity index (χ2n) is 25.2. The largest absolute Gasteiger partial charge is 0.479 e. The minimum absolute atomic E-state index is 0.0682. The number of carbonyl (C=O) groups excluding carboxylic acids is 3. The summed E-state index contributed by atoms with van der Waals surface area (Å²) in [5.41, 5.74) is -2.82. The first kappa shape index (κ1) is 60.1. The van der Waals surface area contributed by atoms with Gasteiger partial charge in [-0.3, -0.25) is 14.4 Å². The highest BCUT2D eigenvalue weighted by atomic mass is 16.8. The summed E-state index contributed by atoms with van der Waals surface area (Å²) in [7, 11) is 0. The third kappa shape index (κ3) is 9.89. The molecule has 0 aromatic carbocycles. The number of aliphatic hydroxyl groups excluding tert-OH is 9. The van der Waals surface area contributed by atoms with E-state index in [1.165, 1.54) is 19.4 Å². The van der Waals surface area contributed by atoms with Gasteiger partial charge in [-0.25, -0.2) is 4.79 Å². The van der Waals surface area contributed by atoms with Gasteiger partial charge in [-0.1, -0.05) is 53.2 Å². The molecule has 0 aromatic heterocycles. The molecule has 3 heterocycles. The zero-order valence-corrected chi connectivity index (χ0v) is 45.8. The number of fused-ring (bicyclic) bond motifs is 7. The van der Waals surface area contributed by atoms with Crippen LogP contribution in [0.5, 0.6) is 0 Å². The number of hydrogen-bond acceptors (Lipinski definition) is 22. The van der Waals surface area contributed by atoms with E-state index in [1.807, 2.05) is 20.8 Å². The van der Waals surface area contributed by atoms with Crippen molar-refractivity contribution in [2.45, 2.75) is 231 Å². The number of esters is 3. The van der Waals surface area contributed by atoms with E-state index in [2.05, 4.69) is 26.8 Å². The lowest BCUT2D eigenvalue weighted by Crippen LogP contribution is -2.69. The van der Waals surface area contributed by atoms with Gasteiger partial charge in [0.15, 0.2) is 43.3 Å². The summed E-state index contributed by atoms with van der Waals surface area (Å²) in [4.78, 5) is 49.6. The van der Waals surface area contributed by atoms with Crippen molar-refractivity contribution in [2.24, 2.45) is 50.2 Å². The van der Waals surface area contributed by atoms with Crippen LogP contribution in [0.15, 0.2) is 11.6 Å². The van der Waals surface area contributed by atoms with E-state index < -0.39 is 175 Å². The van der Waals surface area contributed by atoms with Gasteiger partial charge in [0.05, 0.1) is 44.2 Å². The zero-order chi connectivity index (χ0) is 56.9. The van der Waals surface area contributed by atoms with Gasteiger partial charge in [0, 0.05) is 37.0 Å². The molecular formula is C54H84O23. The van der Waals surface area contributed by atoms with Crippen molar-refractivity contribution in [1.82, 2.24) is 0 Å². The average Bonchev–Trinajstić information content (AvgIpc) is 3.51. The Morgan fingerprint density at radius 1 is 0.623 bits per heavy atom. The Balaban J connectivity index is 1.06. The second kappa shape index (κ2) is 21.7. The minimum atomic E-state index is -2.04. The highest BCUT2D eigenvalue weighted by Gasteiger charge is 2.71. The third-order valence-electron chi connectivity index (χ3n) is 20.8. The van der Waals surface area contributed by atoms with Crippen LogP contribution in [0.3, 0.4) is 0 Å². The van der Waals surface area contributed by atoms with Crippen LogP contribution in [0, 0.1) is 50.2 Å². The maximum Gasteiger partial charge on any atom is 0.335 e. The van der Waals surface area contributed by atoms with Crippen LogP contribution in [-0.4, -0.2) is 205 Å². The van der Waals surface area contributed by atoms with Crippen molar-refractivity contribution in [3.8, 4) is 0 Å². The van der Waals surface area contributed by atoms with Gasteiger partial charge in [-0.05, 0) is 92.3 Å². The van der Waals surface area contributed by atoms with Gasteiger partial charge < -0.3 is 93.7 Å². The normalized spacial score (nSPS) is 51.6. The summed E-state index contributed by atoms with van der Waals surface area (Å²) in [6.45, 7) is 16.3. The summed E-state index contributed by atoms with van der Waals surface area (Å²) in [6.07, 6.45) is -20.6. The standard InChI is InChI=1S/C54H84O23/c1-23-38(70-24(2)58)41(71-25(3)59)42(72-26(4)60)48(69-23)77-44-43(66)50(6)17-18-53(9)27(28(50)19-49(44,5)21-56)11-12-31-51(7)15-14-32(52(8,22-57)30(51)13-16-54(31,53)10)74-47-40(36(64)35(63)39(75-47)45(67)68)76-46-37(65)34(62)33(61)29(20-55)73-46/h11,23,28-44,46-48,55-57,61-66H,12-22H2,1-10H3,(H,67,68)/t23-,28-,29+,30+,31+,32-,33+,34-,35-,36-,37+,38-,39-,40+,41+,42+,43+,44-,46-,47+,48-,49+,50+,51-,52-,53+,54+/m0/s1. The van der Waals surface area contributed by atoms with Crippen molar-refractivity contribution in [3.05, 3.63) is 11.6 Å². The molecule has 5 aliphatic carbocycles. The van der Waals surface area contributed by atoms with Crippen molar-refractivity contribution in [2.75, 3.05) is 19.8 Å². The third-order valence-corrected chi connectivity index (χ3v) is 20.8. The quantitative estimate of drug-likeness (QED) is 0.0515. The summed E-state index contributed by atoms with van der Waals surface area (Å²) < 4.78 is 53.8. The van der Waals surface area contributed by atoms with E-state index in [0.717, 1.165) is 13.3 Å². The van der Waals surface area contributed by atoms with Gasteiger partial charge in [-0.15, -0.1) is 0 Å². The van der Waals surface area contributed by atoms with Crippen molar-refractivity contribution < 1.29 is 113 Å². The van der Waals surface area contributed by atoms with Crippen LogP contribution in [-0.2, 0) is 61.8 Å². The minimum Gasteiger partial charge on any atom is -0.479 e. The molecule has 0 amide bonds. The molecule has 0 spiro atoms. The summed E-state index contributed by atoms with van der Waals surface area (Å²) in [6, 6.07) is 0. The first-order valence-electron chi connectivity index (χ1n) is 27.2. The van der Waals surface area contributed by atoms with Crippen LogP contribution in [0.25, 0.3) is 0 Å². The van der Waals surface area contributed by atoms with Crippen LogP contribution >= 0.6 is 0 Å². The van der Waals surface area contributed by atoms with Gasteiger partial charge in [0.1, 0.15) is 42.7 Å². The van der Waals surface area contributed by atoms with Crippen LogP contribution in [0.2, 0.25) is 0 Å². The van der Waals surface area contributed by atoms with E-state index in [1.54, 1.807) is 6.92 Å². The number of allylic oxidation sites excluding steroid dienone is 2. The van der Waals surface area contributed by atoms with Crippen molar-refractivity contribution >= 4 is 23.9 Å². The fourth-order valence-electron chi connectivity index (χ4n) is 16.2. The Hall–Kier alpha value is -2.98. The maximum absolute atomic E-state index is 12.8. The molecule has 8 aliphatic rings. The van der Waals surface area contributed by atoms with Crippen molar-refractivity contribution in [3.63, 3.8) is 0 Å². The molecule has 77 heavy (non-hydrogen) atoms. The number of aliphatic carboxylic acids is 1. The lowest BCUT2D eigenvalue weighted by atomic mass is 9.33. The zero-order valence-electron chi connectivity index (χ0n) is 45.8. The molecule has 3 aliphatic heterocycles. The number of rotatable bonds is 13. The van der Waals surface area contributed by atoms with Gasteiger partial charge in [0.25, 0.3) is 0 Å². The molecule has 0 bridgehead atoms. The molecular weight excluding hydrogens is 1020 g/mol. The molecule has 0 aromatic rings. The number of hydrogen-bond donors (Lipinski definition) is 10. The summed E-state index contributed by atoms with van der Waals surface area (Å²) >= 11 is 0. The number of carboxylic acids is 1. The van der Waals surface area contributed by atoms with Gasteiger partial charge in [0.2, 0.25) is 0 Å². The maximum atomic E-state index is 12.8. The Morgan fingerprint density at radius 3 is 1.84 bits per heavy atom. The molecule has 23 nitrogen and oxygen atoms in total. The molecule has 3 saturated heterocycles. The van der Waals surface area contributed by atoms with Crippen LogP contribution in [0.4, 0.5) is 0 Å². The molecule has 27 atom stereocenters. The van der Waals surface area contributed by atoms with E-state index in [0.29, 0.717) is 44.9 Å². The SMILES string of the molecule is CC(=O)O[C@@H]1[C@@H](OC(C)=O)[C@H](C)O[C@@H](O[C@H]2[C@@H](O)[C@]3(C)CC[C@]4(C)C(=CC[C@@H]5[C@@]6(C)CC[C@H](O[C@@H]7O[C@H](C(=O)O)[C@@H](O)[C@H](O)[C@H]7O[C@@H]7O[C@H](CO)[C@@H](O)[C@H](O)[C@H]7O)[C@@](C)(CO)[C@@H]6CC[C@]54C)[C@@H]3C[C@]2(C)CO)[C@@H]1OC(C)=O. The van der Waals surface area contributed by atoms with E-state index in [-0.39, 0.29) is 29.8 Å². The fourth-order valence-corrected chi connectivity index (χ4v) is 16.2. The first-order valence-corrected chi connectivity index (χ1v) is 27.2. The lowest BCUT2D eigenvalue weighted by molar-refractivity contribution is -0.375. The van der Waals surface area contributed by atoms with Gasteiger partial charge >= 0.3 is 23.9 Å². The number of ether oxygens (including phenoxy) is 9. The highest BCUT2D eigenvalue weighted by Crippen LogP contribution is 2.76. The molecule has 0 unspecified atom stereocenters. The predicted molar refractivity (Wildman–Crippen MR) is 262 cm³/mol. The molecule has 4 saturated carbocycles. The fraction of sp³-hybridized carbons (Fsp3) is 0.889. The molecule has 10 N–H and O–H groups in total. The van der Waals surface area contributed by atoms with E-state index in [4.69, 9.17) is 42.6 Å². The first-order chi connectivity index (χ1) is 35.9. The van der Waals surface area contributed by atoms with Crippen molar-refractivity contribution in [1.29, 1.82) is 0 Å². The number of aliphatic hydroxyl groups is 9. The Bertz CT molecular complexity index is 2230. The highest BCUT2D eigenvalue weighted by molar-refractivity contribution is 5.73. The van der Waals surface area contributed by atoms with Crippen LogP contribution < -0.4 is 0 Å². The van der Waals surface area contributed by atoms with E-state index in [9.17, 15) is 70.2 Å². The predicted octanol–water partition coefficient (Wildman–Crippen LogP) is 0.360. The molecule has 8 rings (SSSR count).